The summed E-state index contributed by atoms with van der Waals surface area (Å²) in [5, 5.41) is 7.28. The second-order valence-electron chi connectivity index (χ2n) is 4.36. The molecule has 6 heteroatoms. The van der Waals surface area contributed by atoms with Crippen LogP contribution in [0.4, 0.5) is 15.9 Å². The van der Waals surface area contributed by atoms with Crippen molar-refractivity contribution in [1.29, 1.82) is 0 Å². The molecule has 0 aliphatic heterocycles. The van der Waals surface area contributed by atoms with Crippen LogP contribution in [0.2, 0.25) is 0 Å². The summed E-state index contributed by atoms with van der Waals surface area (Å²) in [6.45, 7) is 1.96. The third kappa shape index (κ3) is 2.64. The number of anilines is 2. The molecule has 0 atom stereocenters. The van der Waals surface area contributed by atoms with Gasteiger partial charge in [0.2, 0.25) is 0 Å². The Balaban J connectivity index is 1.86. The molecule has 3 rings (SSSR count). The molecule has 2 aromatic heterocycles. The summed E-state index contributed by atoms with van der Waals surface area (Å²) in [6.07, 6.45) is 5.09. The smallest absolute Gasteiger partial charge is 0.158 e. The second kappa shape index (κ2) is 5.08. The first kappa shape index (κ1) is 12.3. The highest BCUT2D eigenvalue weighted by molar-refractivity contribution is 5.56. The van der Waals surface area contributed by atoms with Crippen LogP contribution in [-0.2, 0) is 0 Å². The van der Waals surface area contributed by atoms with Crippen molar-refractivity contribution in [2.75, 3.05) is 5.32 Å². The van der Waals surface area contributed by atoms with Crippen molar-refractivity contribution in [1.82, 2.24) is 19.7 Å². The van der Waals surface area contributed by atoms with Crippen LogP contribution in [0.5, 0.6) is 0 Å². The summed E-state index contributed by atoms with van der Waals surface area (Å²) in [6, 6.07) is 7.85. The highest BCUT2D eigenvalue weighted by Gasteiger charge is 2.03. The van der Waals surface area contributed by atoms with Crippen LogP contribution in [0.25, 0.3) is 5.82 Å². The Labute approximate surface area is 115 Å². The quantitative estimate of drug-likeness (QED) is 0.794. The SMILES string of the molecule is Cc1cnn(-c2cc(Nc3ccc(F)cc3)ncn2)c1. The van der Waals surface area contributed by atoms with Gasteiger partial charge in [0, 0.05) is 18.0 Å². The van der Waals surface area contributed by atoms with Gasteiger partial charge in [-0.05, 0) is 36.8 Å². The fraction of sp³-hybridized carbons (Fsp3) is 0.0714. The minimum Gasteiger partial charge on any atom is -0.340 e. The molecule has 20 heavy (non-hydrogen) atoms. The van der Waals surface area contributed by atoms with E-state index in [9.17, 15) is 4.39 Å². The van der Waals surface area contributed by atoms with Gasteiger partial charge in [-0.2, -0.15) is 5.10 Å². The van der Waals surface area contributed by atoms with Gasteiger partial charge < -0.3 is 5.32 Å². The van der Waals surface area contributed by atoms with E-state index in [1.807, 2.05) is 13.1 Å². The number of benzene rings is 1. The summed E-state index contributed by atoms with van der Waals surface area (Å²) in [4.78, 5) is 8.30. The third-order valence-electron chi connectivity index (χ3n) is 2.72. The van der Waals surface area contributed by atoms with E-state index in [1.165, 1.54) is 18.5 Å². The van der Waals surface area contributed by atoms with Gasteiger partial charge in [-0.3, -0.25) is 0 Å². The van der Waals surface area contributed by atoms with Crippen molar-refractivity contribution >= 4 is 11.5 Å². The van der Waals surface area contributed by atoms with Gasteiger partial charge in [0.05, 0.1) is 6.20 Å². The molecule has 0 spiro atoms. The number of aryl methyl sites for hydroxylation is 1. The van der Waals surface area contributed by atoms with Crippen molar-refractivity contribution < 1.29 is 4.39 Å². The van der Waals surface area contributed by atoms with Gasteiger partial charge in [0.15, 0.2) is 5.82 Å². The lowest BCUT2D eigenvalue weighted by Crippen LogP contribution is -2.01. The minimum atomic E-state index is -0.272. The van der Waals surface area contributed by atoms with Crippen molar-refractivity contribution in [2.24, 2.45) is 0 Å². The first-order valence-corrected chi connectivity index (χ1v) is 6.07. The third-order valence-corrected chi connectivity index (χ3v) is 2.72. The molecule has 0 fully saturated rings. The maximum absolute atomic E-state index is 12.8. The first-order valence-electron chi connectivity index (χ1n) is 6.07. The predicted molar refractivity (Wildman–Crippen MR) is 73.6 cm³/mol. The molecule has 2 heterocycles. The van der Waals surface area contributed by atoms with Crippen LogP contribution in [-0.4, -0.2) is 19.7 Å². The molecule has 0 saturated carbocycles. The van der Waals surface area contributed by atoms with E-state index in [-0.39, 0.29) is 5.82 Å². The standard InChI is InChI=1S/C14H12FN5/c1-10-7-18-20(8-10)14-6-13(16-9-17-14)19-12-4-2-11(15)3-5-12/h2-9H,1H3,(H,16,17,19). The topological polar surface area (TPSA) is 55.6 Å². The molecule has 1 N–H and O–H groups in total. The van der Waals surface area contributed by atoms with Crippen molar-refractivity contribution in [2.45, 2.75) is 6.92 Å². The Morgan fingerprint density at radius 1 is 1.15 bits per heavy atom. The molecule has 0 aliphatic carbocycles. The summed E-state index contributed by atoms with van der Waals surface area (Å²) >= 11 is 0. The van der Waals surface area contributed by atoms with E-state index >= 15 is 0 Å². The average molecular weight is 269 g/mol. The molecule has 0 unspecified atom stereocenters. The van der Waals surface area contributed by atoms with Crippen LogP contribution >= 0.6 is 0 Å². The summed E-state index contributed by atoms with van der Waals surface area (Å²) in [5.41, 5.74) is 1.81. The number of rotatable bonds is 3. The van der Waals surface area contributed by atoms with Gasteiger partial charge in [-0.25, -0.2) is 19.0 Å². The molecule has 1 aromatic carbocycles. The first-order chi connectivity index (χ1) is 9.70. The Hall–Kier alpha value is -2.76. The number of hydrogen-bond donors (Lipinski definition) is 1. The Kier molecular flexibility index (Phi) is 3.12. The highest BCUT2D eigenvalue weighted by Crippen LogP contribution is 2.16. The van der Waals surface area contributed by atoms with Gasteiger partial charge in [-0.15, -0.1) is 0 Å². The average Bonchev–Trinajstić information content (AvgIpc) is 2.89. The fourth-order valence-corrected chi connectivity index (χ4v) is 1.76. The molecule has 0 radical (unpaired) electrons. The molecule has 5 nitrogen and oxygen atoms in total. The lowest BCUT2D eigenvalue weighted by atomic mass is 10.3. The van der Waals surface area contributed by atoms with Gasteiger partial charge in [-0.1, -0.05) is 0 Å². The zero-order valence-electron chi connectivity index (χ0n) is 10.8. The molecular weight excluding hydrogens is 257 g/mol. The van der Waals surface area contributed by atoms with E-state index in [2.05, 4.69) is 20.4 Å². The summed E-state index contributed by atoms with van der Waals surface area (Å²) in [7, 11) is 0. The van der Waals surface area contributed by atoms with Gasteiger partial charge >= 0.3 is 0 Å². The van der Waals surface area contributed by atoms with Crippen LogP contribution < -0.4 is 5.32 Å². The summed E-state index contributed by atoms with van der Waals surface area (Å²) in [5.74, 6) is 1.01. The number of nitrogens with zero attached hydrogens (tertiary/aromatic N) is 4. The highest BCUT2D eigenvalue weighted by atomic mass is 19.1. The maximum atomic E-state index is 12.8. The molecular formula is C14H12FN5. The van der Waals surface area contributed by atoms with E-state index < -0.39 is 0 Å². The lowest BCUT2D eigenvalue weighted by molar-refractivity contribution is 0.628. The van der Waals surface area contributed by atoms with E-state index in [4.69, 9.17) is 0 Å². The monoisotopic (exact) mass is 269 g/mol. The Bertz CT molecular complexity index is 720. The van der Waals surface area contributed by atoms with Crippen molar-refractivity contribution in [3.05, 3.63) is 60.4 Å². The molecule has 0 amide bonds. The van der Waals surface area contributed by atoms with Crippen LogP contribution in [0.3, 0.4) is 0 Å². The lowest BCUT2D eigenvalue weighted by Gasteiger charge is -2.06. The molecule has 0 aliphatic rings. The summed E-state index contributed by atoms with van der Waals surface area (Å²) < 4.78 is 14.5. The minimum absolute atomic E-state index is 0.272. The Morgan fingerprint density at radius 2 is 1.95 bits per heavy atom. The van der Waals surface area contributed by atoms with Crippen LogP contribution in [0.1, 0.15) is 5.56 Å². The van der Waals surface area contributed by atoms with Crippen molar-refractivity contribution in [3.8, 4) is 5.82 Å². The zero-order chi connectivity index (χ0) is 13.9. The van der Waals surface area contributed by atoms with E-state index in [0.29, 0.717) is 11.6 Å². The van der Waals surface area contributed by atoms with Crippen LogP contribution in [0.15, 0.2) is 49.1 Å². The number of halogens is 1. The Morgan fingerprint density at radius 3 is 2.65 bits per heavy atom. The largest absolute Gasteiger partial charge is 0.340 e. The number of hydrogen-bond acceptors (Lipinski definition) is 4. The predicted octanol–water partition coefficient (Wildman–Crippen LogP) is 2.85. The number of nitrogens with one attached hydrogen (secondary N) is 1. The van der Waals surface area contributed by atoms with E-state index in [1.54, 1.807) is 29.1 Å². The molecule has 3 aromatic rings. The normalized spacial score (nSPS) is 10.5. The molecule has 0 saturated heterocycles. The van der Waals surface area contributed by atoms with Gasteiger partial charge in [0.25, 0.3) is 0 Å². The zero-order valence-corrected chi connectivity index (χ0v) is 10.8. The molecule has 0 bridgehead atoms. The maximum Gasteiger partial charge on any atom is 0.158 e. The second-order valence-corrected chi connectivity index (χ2v) is 4.36. The fourth-order valence-electron chi connectivity index (χ4n) is 1.76. The number of aromatic nitrogens is 4. The van der Waals surface area contributed by atoms with Crippen LogP contribution in [0, 0.1) is 12.7 Å². The van der Waals surface area contributed by atoms with Gasteiger partial charge in [0.1, 0.15) is 18.0 Å². The molecule has 100 valence electrons. The van der Waals surface area contributed by atoms with Crippen molar-refractivity contribution in [3.63, 3.8) is 0 Å². The van der Waals surface area contributed by atoms with E-state index in [0.717, 1.165) is 11.3 Å².